The summed E-state index contributed by atoms with van der Waals surface area (Å²) in [5.41, 5.74) is 6.37. The van der Waals surface area contributed by atoms with Gasteiger partial charge in [-0.1, -0.05) is 6.07 Å². The number of morpholine rings is 1. The van der Waals surface area contributed by atoms with E-state index in [4.69, 9.17) is 10.5 Å². The molecule has 1 aromatic rings. The van der Waals surface area contributed by atoms with Crippen LogP contribution in [0.2, 0.25) is 0 Å². The third-order valence-corrected chi connectivity index (χ3v) is 2.49. The minimum Gasteiger partial charge on any atom is -0.398 e. The van der Waals surface area contributed by atoms with Crippen LogP contribution in [0.1, 0.15) is 5.56 Å². The Kier molecular flexibility index (Phi) is 3.06. The van der Waals surface area contributed by atoms with E-state index in [1.807, 2.05) is 0 Å². The summed E-state index contributed by atoms with van der Waals surface area (Å²) in [6, 6.07) is 3.85. The van der Waals surface area contributed by atoms with Gasteiger partial charge in [-0.05, 0) is 17.7 Å². The zero-order valence-electron chi connectivity index (χ0n) is 8.98. The van der Waals surface area contributed by atoms with Gasteiger partial charge in [0.05, 0.1) is 6.54 Å². The molecule has 0 aromatic heterocycles. The van der Waals surface area contributed by atoms with E-state index in [2.05, 4.69) is 0 Å². The van der Waals surface area contributed by atoms with Gasteiger partial charge in [0.1, 0.15) is 19.0 Å². The average molecular weight is 238 g/mol. The molecule has 0 bridgehead atoms. The first kappa shape index (κ1) is 11.5. The summed E-state index contributed by atoms with van der Waals surface area (Å²) in [5.74, 6) is -1.28. The summed E-state index contributed by atoms with van der Waals surface area (Å²) in [6.07, 6.45) is 0. The zero-order valence-corrected chi connectivity index (χ0v) is 8.98. The molecule has 17 heavy (non-hydrogen) atoms. The monoisotopic (exact) mass is 238 g/mol. The molecule has 2 rings (SSSR count). The van der Waals surface area contributed by atoms with Gasteiger partial charge in [0, 0.05) is 5.69 Å². The number of rotatable bonds is 2. The molecule has 1 aromatic carbocycles. The van der Waals surface area contributed by atoms with Crippen molar-refractivity contribution < 1.29 is 18.7 Å². The summed E-state index contributed by atoms with van der Waals surface area (Å²) >= 11 is 0. The number of nitrogens with zero attached hydrogens (tertiary/aromatic N) is 1. The van der Waals surface area contributed by atoms with Crippen LogP contribution < -0.4 is 5.73 Å². The first-order valence-corrected chi connectivity index (χ1v) is 5.03. The summed E-state index contributed by atoms with van der Waals surface area (Å²) in [5, 5.41) is 0. The van der Waals surface area contributed by atoms with E-state index in [-0.39, 0.29) is 25.4 Å². The smallest absolute Gasteiger partial charge is 0.255 e. The number of anilines is 1. The molecule has 0 aliphatic carbocycles. The van der Waals surface area contributed by atoms with Gasteiger partial charge in [-0.3, -0.25) is 14.5 Å². The standard InChI is InChI=1S/C11H11FN2O3/c12-8-2-1-7(9(13)3-8)4-14-10(15)5-17-6-11(14)16/h1-3H,4-6,13H2. The van der Waals surface area contributed by atoms with E-state index in [1.165, 1.54) is 12.1 Å². The van der Waals surface area contributed by atoms with Crippen molar-refractivity contribution in [2.45, 2.75) is 6.54 Å². The second-order valence-electron chi connectivity index (χ2n) is 3.71. The van der Waals surface area contributed by atoms with Crippen molar-refractivity contribution in [1.82, 2.24) is 4.90 Å². The Balaban J connectivity index is 2.19. The first-order valence-electron chi connectivity index (χ1n) is 5.03. The fourth-order valence-electron chi connectivity index (χ4n) is 1.58. The van der Waals surface area contributed by atoms with Crippen LogP contribution in [0, 0.1) is 5.82 Å². The molecule has 6 heteroatoms. The molecule has 5 nitrogen and oxygen atoms in total. The van der Waals surface area contributed by atoms with Crippen LogP contribution in [0.25, 0.3) is 0 Å². The van der Waals surface area contributed by atoms with Crippen molar-refractivity contribution in [1.29, 1.82) is 0 Å². The zero-order chi connectivity index (χ0) is 12.4. The number of benzene rings is 1. The van der Waals surface area contributed by atoms with Crippen molar-refractivity contribution in [3.63, 3.8) is 0 Å². The van der Waals surface area contributed by atoms with Crippen molar-refractivity contribution in [2.24, 2.45) is 0 Å². The van der Waals surface area contributed by atoms with E-state index < -0.39 is 17.6 Å². The van der Waals surface area contributed by atoms with Crippen LogP contribution in [-0.4, -0.2) is 29.9 Å². The Morgan fingerprint density at radius 3 is 2.53 bits per heavy atom. The van der Waals surface area contributed by atoms with E-state index >= 15 is 0 Å². The number of halogens is 1. The van der Waals surface area contributed by atoms with Crippen LogP contribution in [0.5, 0.6) is 0 Å². The SMILES string of the molecule is Nc1cc(F)ccc1CN1C(=O)COCC1=O. The van der Waals surface area contributed by atoms with Gasteiger partial charge in [-0.2, -0.15) is 0 Å². The average Bonchev–Trinajstić information content (AvgIpc) is 2.26. The molecule has 1 aliphatic rings. The third-order valence-electron chi connectivity index (χ3n) is 2.49. The summed E-state index contributed by atoms with van der Waals surface area (Å²) in [7, 11) is 0. The van der Waals surface area contributed by atoms with Crippen molar-refractivity contribution >= 4 is 17.5 Å². The van der Waals surface area contributed by atoms with Crippen molar-refractivity contribution in [3.05, 3.63) is 29.6 Å². The van der Waals surface area contributed by atoms with E-state index in [9.17, 15) is 14.0 Å². The molecule has 1 aliphatic heterocycles. The van der Waals surface area contributed by atoms with E-state index in [1.54, 1.807) is 0 Å². The lowest BCUT2D eigenvalue weighted by atomic mass is 10.1. The fourth-order valence-corrected chi connectivity index (χ4v) is 1.58. The highest BCUT2D eigenvalue weighted by Gasteiger charge is 2.27. The maximum atomic E-state index is 12.8. The van der Waals surface area contributed by atoms with Crippen LogP contribution in [0.3, 0.4) is 0 Å². The summed E-state index contributed by atoms with van der Waals surface area (Å²) < 4.78 is 17.6. The molecule has 2 amide bonds. The number of imide groups is 1. The highest BCUT2D eigenvalue weighted by Crippen LogP contribution is 2.17. The molecule has 0 saturated carbocycles. The number of carbonyl (C=O) groups is 2. The molecular formula is C11H11FN2O3. The Morgan fingerprint density at radius 1 is 1.29 bits per heavy atom. The van der Waals surface area contributed by atoms with Gasteiger partial charge in [-0.25, -0.2) is 4.39 Å². The summed E-state index contributed by atoms with van der Waals surface area (Å²) in [4.78, 5) is 24.0. The lowest BCUT2D eigenvalue weighted by Crippen LogP contribution is -2.45. The predicted molar refractivity (Wildman–Crippen MR) is 57.2 cm³/mol. The minimum absolute atomic E-state index is 0.0487. The number of ether oxygens (including phenoxy) is 1. The molecule has 1 saturated heterocycles. The normalized spacial score (nSPS) is 16.4. The van der Waals surface area contributed by atoms with Gasteiger partial charge < -0.3 is 10.5 Å². The lowest BCUT2D eigenvalue weighted by molar-refractivity contribution is -0.159. The molecule has 90 valence electrons. The molecule has 1 heterocycles. The number of hydrogen-bond acceptors (Lipinski definition) is 4. The minimum atomic E-state index is -0.453. The van der Waals surface area contributed by atoms with Crippen molar-refractivity contribution in [2.75, 3.05) is 18.9 Å². The van der Waals surface area contributed by atoms with Crippen LogP contribution in [0.4, 0.5) is 10.1 Å². The molecular weight excluding hydrogens is 227 g/mol. The highest BCUT2D eigenvalue weighted by molar-refractivity contribution is 5.98. The molecule has 2 N–H and O–H groups in total. The fraction of sp³-hybridized carbons (Fsp3) is 0.273. The van der Waals surface area contributed by atoms with Gasteiger partial charge in [-0.15, -0.1) is 0 Å². The van der Waals surface area contributed by atoms with Crippen molar-refractivity contribution in [3.8, 4) is 0 Å². The molecule has 0 unspecified atom stereocenters. The predicted octanol–water partition coefficient (Wildman–Crippen LogP) is 0.293. The van der Waals surface area contributed by atoms with Gasteiger partial charge in [0.2, 0.25) is 0 Å². The van der Waals surface area contributed by atoms with Gasteiger partial charge >= 0.3 is 0 Å². The highest BCUT2D eigenvalue weighted by atomic mass is 19.1. The Hall–Kier alpha value is -1.95. The van der Waals surface area contributed by atoms with E-state index in [0.717, 1.165) is 11.0 Å². The topological polar surface area (TPSA) is 72.6 Å². The number of amides is 2. The van der Waals surface area contributed by atoms with Gasteiger partial charge in [0.15, 0.2) is 0 Å². The Bertz CT molecular complexity index is 460. The molecule has 0 radical (unpaired) electrons. The van der Waals surface area contributed by atoms with Gasteiger partial charge in [0.25, 0.3) is 11.8 Å². The second-order valence-corrected chi connectivity index (χ2v) is 3.71. The number of carbonyl (C=O) groups excluding carboxylic acids is 2. The van der Waals surface area contributed by atoms with Crippen LogP contribution in [0.15, 0.2) is 18.2 Å². The first-order chi connectivity index (χ1) is 8.08. The largest absolute Gasteiger partial charge is 0.398 e. The number of nitrogens with two attached hydrogens (primary N) is 1. The number of hydrogen-bond donors (Lipinski definition) is 1. The molecule has 0 atom stereocenters. The second kappa shape index (κ2) is 4.50. The maximum Gasteiger partial charge on any atom is 0.255 e. The lowest BCUT2D eigenvalue weighted by Gasteiger charge is -2.25. The quantitative estimate of drug-likeness (QED) is 0.594. The van der Waals surface area contributed by atoms with Crippen LogP contribution in [-0.2, 0) is 20.9 Å². The Morgan fingerprint density at radius 2 is 1.94 bits per heavy atom. The van der Waals surface area contributed by atoms with Crippen LogP contribution >= 0.6 is 0 Å². The summed E-state index contributed by atoms with van der Waals surface area (Å²) in [6.45, 7) is -0.188. The van der Waals surface area contributed by atoms with E-state index in [0.29, 0.717) is 5.56 Å². The Labute approximate surface area is 97.0 Å². The number of nitrogen functional groups attached to an aromatic ring is 1. The third kappa shape index (κ3) is 2.42. The maximum absolute atomic E-state index is 12.8. The molecule has 0 spiro atoms. The molecule has 1 fully saturated rings.